The predicted octanol–water partition coefficient (Wildman–Crippen LogP) is 1.85. The minimum absolute atomic E-state index is 0.347. The fourth-order valence-corrected chi connectivity index (χ4v) is 1.80. The van der Waals surface area contributed by atoms with Gasteiger partial charge in [-0.05, 0) is 19.1 Å². The molecule has 0 saturated heterocycles. The number of nitrogens with zero attached hydrogens (tertiary/aromatic N) is 4. The molecule has 90 valence electrons. The van der Waals surface area contributed by atoms with Crippen molar-refractivity contribution < 1.29 is 4.39 Å². The van der Waals surface area contributed by atoms with E-state index in [1.165, 1.54) is 16.8 Å². The number of aryl methyl sites for hydroxylation is 1. The molecule has 2 aromatic heterocycles. The monoisotopic (exact) mass is 243 g/mol. The highest BCUT2D eigenvalue weighted by Gasteiger charge is 2.10. The predicted molar refractivity (Wildman–Crippen MR) is 65.8 cm³/mol. The van der Waals surface area contributed by atoms with Crippen molar-refractivity contribution in [1.29, 1.82) is 0 Å². The van der Waals surface area contributed by atoms with E-state index in [9.17, 15) is 4.39 Å². The highest BCUT2D eigenvalue weighted by molar-refractivity contribution is 5.75. The first-order valence-corrected chi connectivity index (χ1v) is 5.39. The van der Waals surface area contributed by atoms with Crippen molar-refractivity contribution >= 4 is 16.9 Å². The third kappa shape index (κ3) is 1.58. The van der Waals surface area contributed by atoms with Crippen molar-refractivity contribution in [2.75, 3.05) is 5.73 Å². The van der Waals surface area contributed by atoms with Gasteiger partial charge in [-0.1, -0.05) is 0 Å². The summed E-state index contributed by atoms with van der Waals surface area (Å²) in [6.45, 7) is 1.81. The maximum absolute atomic E-state index is 13.2. The Balaban J connectivity index is 2.30. The van der Waals surface area contributed by atoms with Gasteiger partial charge in [-0.15, -0.1) is 0 Å². The van der Waals surface area contributed by atoms with Gasteiger partial charge in [0.1, 0.15) is 11.6 Å². The minimum Gasteiger partial charge on any atom is -0.384 e. The first-order valence-electron chi connectivity index (χ1n) is 5.39. The van der Waals surface area contributed by atoms with Crippen LogP contribution in [0.1, 0.15) is 5.69 Å². The van der Waals surface area contributed by atoms with Crippen LogP contribution in [0.4, 0.5) is 10.2 Å². The maximum atomic E-state index is 13.2. The van der Waals surface area contributed by atoms with Gasteiger partial charge in [0.25, 0.3) is 0 Å². The molecule has 0 saturated carbocycles. The van der Waals surface area contributed by atoms with Crippen molar-refractivity contribution in [3.8, 4) is 5.82 Å². The van der Waals surface area contributed by atoms with E-state index in [4.69, 9.17) is 5.73 Å². The molecule has 0 aliphatic rings. The van der Waals surface area contributed by atoms with E-state index in [-0.39, 0.29) is 5.82 Å². The van der Waals surface area contributed by atoms with Crippen LogP contribution in [0.5, 0.6) is 0 Å². The summed E-state index contributed by atoms with van der Waals surface area (Å²) in [7, 11) is 0. The molecule has 3 aromatic rings. The average Bonchev–Trinajstić information content (AvgIpc) is 2.75. The topological polar surface area (TPSA) is 69.6 Å². The molecule has 0 fully saturated rings. The van der Waals surface area contributed by atoms with Gasteiger partial charge in [0.05, 0.1) is 22.9 Å². The normalized spacial score (nSPS) is 11.0. The highest BCUT2D eigenvalue weighted by atomic mass is 19.1. The van der Waals surface area contributed by atoms with Crippen LogP contribution in [-0.2, 0) is 0 Å². The molecule has 0 unspecified atom stereocenters. The lowest BCUT2D eigenvalue weighted by atomic mass is 10.3. The van der Waals surface area contributed by atoms with Crippen molar-refractivity contribution in [3.05, 3.63) is 42.0 Å². The number of rotatable bonds is 1. The molecule has 0 amide bonds. The smallest absolute Gasteiger partial charge is 0.177 e. The Morgan fingerprint density at radius 3 is 2.72 bits per heavy atom. The Morgan fingerprint density at radius 1 is 1.17 bits per heavy atom. The average molecular weight is 243 g/mol. The number of anilines is 1. The molecule has 0 bridgehead atoms. The molecule has 3 rings (SSSR count). The number of halogens is 1. The van der Waals surface area contributed by atoms with Gasteiger partial charge in [-0.2, -0.15) is 9.78 Å². The van der Waals surface area contributed by atoms with Gasteiger partial charge in [0, 0.05) is 12.1 Å². The van der Waals surface area contributed by atoms with E-state index >= 15 is 0 Å². The van der Waals surface area contributed by atoms with E-state index in [1.54, 1.807) is 18.3 Å². The quantitative estimate of drug-likeness (QED) is 0.708. The number of hydrogen-bond donors (Lipinski definition) is 1. The lowest BCUT2D eigenvalue weighted by Gasteiger charge is -2.07. The van der Waals surface area contributed by atoms with Crippen molar-refractivity contribution in [1.82, 2.24) is 19.7 Å². The molecule has 1 aromatic carbocycles. The van der Waals surface area contributed by atoms with Crippen molar-refractivity contribution in [2.45, 2.75) is 6.92 Å². The van der Waals surface area contributed by atoms with Crippen LogP contribution in [0.3, 0.4) is 0 Å². The lowest BCUT2D eigenvalue weighted by molar-refractivity contribution is 0.629. The van der Waals surface area contributed by atoms with Gasteiger partial charge in [-0.25, -0.2) is 14.4 Å². The molecular formula is C12H10FN5. The van der Waals surface area contributed by atoms with Crippen LogP contribution in [0, 0.1) is 12.7 Å². The van der Waals surface area contributed by atoms with Crippen LogP contribution in [-0.4, -0.2) is 19.7 Å². The number of fused-ring (bicyclic) bond motifs is 1. The summed E-state index contributed by atoms with van der Waals surface area (Å²) in [5.74, 6) is 0.624. The first-order chi connectivity index (χ1) is 8.65. The van der Waals surface area contributed by atoms with Crippen LogP contribution in [0.25, 0.3) is 16.9 Å². The molecule has 0 spiro atoms. The Morgan fingerprint density at radius 2 is 2.00 bits per heavy atom. The van der Waals surface area contributed by atoms with Gasteiger partial charge < -0.3 is 5.73 Å². The van der Waals surface area contributed by atoms with Crippen molar-refractivity contribution in [3.63, 3.8) is 0 Å². The molecule has 0 aliphatic carbocycles. The number of benzene rings is 1. The lowest BCUT2D eigenvalue weighted by Crippen LogP contribution is -2.07. The summed E-state index contributed by atoms with van der Waals surface area (Å²) in [5, 5.41) is 4.07. The molecule has 0 aliphatic heterocycles. The number of aromatic nitrogens is 4. The first kappa shape index (κ1) is 10.6. The Hall–Kier alpha value is -2.50. The summed E-state index contributed by atoms with van der Waals surface area (Å²) in [4.78, 5) is 8.73. The number of nitrogens with two attached hydrogens (primary N) is 1. The van der Waals surface area contributed by atoms with Gasteiger partial charge >= 0.3 is 0 Å². The molecule has 18 heavy (non-hydrogen) atoms. The molecule has 5 nitrogen and oxygen atoms in total. The van der Waals surface area contributed by atoms with Crippen LogP contribution >= 0.6 is 0 Å². The van der Waals surface area contributed by atoms with E-state index < -0.39 is 0 Å². The second kappa shape index (κ2) is 3.76. The second-order valence-corrected chi connectivity index (χ2v) is 3.93. The Bertz CT molecular complexity index is 734. The van der Waals surface area contributed by atoms with E-state index in [0.29, 0.717) is 28.4 Å². The molecule has 0 radical (unpaired) electrons. The standard InChI is InChI=1S/C12H10FN5/c1-7-12(18-11(14)4-5-15-18)17-10-6-8(13)2-3-9(10)16-7/h2-6H,14H2,1H3. The minimum atomic E-state index is -0.347. The van der Waals surface area contributed by atoms with Crippen LogP contribution < -0.4 is 5.73 Å². The van der Waals surface area contributed by atoms with Crippen LogP contribution in [0.2, 0.25) is 0 Å². The summed E-state index contributed by atoms with van der Waals surface area (Å²) in [6, 6.07) is 5.96. The zero-order valence-corrected chi connectivity index (χ0v) is 9.63. The fraction of sp³-hybridized carbons (Fsp3) is 0.0833. The number of hydrogen-bond acceptors (Lipinski definition) is 4. The number of nitrogen functional groups attached to an aromatic ring is 1. The second-order valence-electron chi connectivity index (χ2n) is 3.93. The molecule has 2 heterocycles. The summed E-state index contributed by atoms with van der Waals surface area (Å²) >= 11 is 0. The summed E-state index contributed by atoms with van der Waals surface area (Å²) in [5.41, 5.74) is 7.58. The van der Waals surface area contributed by atoms with E-state index in [1.807, 2.05) is 6.92 Å². The molecule has 6 heteroatoms. The molecule has 0 atom stereocenters. The van der Waals surface area contributed by atoms with Crippen molar-refractivity contribution in [2.24, 2.45) is 0 Å². The third-order valence-electron chi connectivity index (χ3n) is 2.65. The highest BCUT2D eigenvalue weighted by Crippen LogP contribution is 2.18. The zero-order valence-electron chi connectivity index (χ0n) is 9.63. The van der Waals surface area contributed by atoms with Gasteiger partial charge in [-0.3, -0.25) is 0 Å². The zero-order chi connectivity index (χ0) is 12.7. The van der Waals surface area contributed by atoms with Gasteiger partial charge in [0.15, 0.2) is 5.82 Å². The SMILES string of the molecule is Cc1nc2ccc(F)cc2nc1-n1nccc1N. The molecule has 2 N–H and O–H groups in total. The van der Waals surface area contributed by atoms with Crippen LogP contribution in [0.15, 0.2) is 30.5 Å². The maximum Gasteiger partial charge on any atom is 0.177 e. The third-order valence-corrected chi connectivity index (χ3v) is 2.65. The fourth-order valence-electron chi connectivity index (χ4n) is 1.80. The summed E-state index contributed by atoms with van der Waals surface area (Å²) in [6.07, 6.45) is 1.58. The Kier molecular flexibility index (Phi) is 2.22. The Labute approximate surface area is 102 Å². The molecular weight excluding hydrogens is 233 g/mol. The van der Waals surface area contributed by atoms with Gasteiger partial charge in [0.2, 0.25) is 0 Å². The largest absolute Gasteiger partial charge is 0.384 e. The summed E-state index contributed by atoms with van der Waals surface area (Å²) < 4.78 is 14.7. The van der Waals surface area contributed by atoms with E-state index in [2.05, 4.69) is 15.1 Å². The van der Waals surface area contributed by atoms with E-state index in [0.717, 1.165) is 0 Å².